The highest BCUT2D eigenvalue weighted by Gasteiger charge is 2.34. The molecule has 1 unspecified atom stereocenters. The van der Waals surface area contributed by atoms with Gasteiger partial charge in [-0.1, -0.05) is 24.3 Å². The first-order chi connectivity index (χ1) is 11.3. The first kappa shape index (κ1) is 16.4. The van der Waals surface area contributed by atoms with Gasteiger partial charge >= 0.3 is 0 Å². The molecule has 1 heterocycles. The summed E-state index contributed by atoms with van der Waals surface area (Å²) in [5.41, 5.74) is 7.35. The third kappa shape index (κ3) is 2.63. The summed E-state index contributed by atoms with van der Waals surface area (Å²) in [6.45, 7) is 1.59. The quantitative estimate of drug-likeness (QED) is 0.675. The van der Waals surface area contributed by atoms with Gasteiger partial charge in [-0.2, -0.15) is 0 Å². The lowest BCUT2D eigenvalue weighted by molar-refractivity contribution is -0.385. The van der Waals surface area contributed by atoms with Crippen LogP contribution in [-0.4, -0.2) is 25.9 Å². The summed E-state index contributed by atoms with van der Waals surface area (Å²) < 4.78 is 27.5. The van der Waals surface area contributed by atoms with Crippen LogP contribution in [0, 0.1) is 17.0 Å². The second kappa shape index (κ2) is 5.88. The number of nitrogens with zero attached hydrogens (tertiary/aromatic N) is 2. The molecule has 0 bridgehead atoms. The summed E-state index contributed by atoms with van der Waals surface area (Å²) >= 11 is 0. The third-order valence-electron chi connectivity index (χ3n) is 4.16. The summed E-state index contributed by atoms with van der Waals surface area (Å²) in [6.07, 6.45) is 0.593. The van der Waals surface area contributed by atoms with Gasteiger partial charge in [0.2, 0.25) is 0 Å². The van der Waals surface area contributed by atoms with Crippen molar-refractivity contribution in [1.29, 1.82) is 0 Å². The van der Waals surface area contributed by atoms with E-state index in [4.69, 9.17) is 5.73 Å². The normalized spacial score (nSPS) is 17.4. The van der Waals surface area contributed by atoms with Crippen molar-refractivity contribution in [2.45, 2.75) is 24.3 Å². The fraction of sp³-hybridized carbons (Fsp3) is 0.250. The van der Waals surface area contributed by atoms with Gasteiger partial charge < -0.3 is 5.73 Å². The Labute approximate surface area is 139 Å². The molecule has 8 heteroatoms. The Bertz CT molecular complexity index is 911. The van der Waals surface area contributed by atoms with Gasteiger partial charge in [0.1, 0.15) is 0 Å². The Kier molecular flexibility index (Phi) is 4.02. The number of nitrogens with two attached hydrogens (primary N) is 1. The SMILES string of the molecule is Cc1c([N+](=O)[O-])cccc1S(=O)(=O)N1CC(N)Cc2ccccc21. The minimum Gasteiger partial charge on any atom is -0.326 e. The summed E-state index contributed by atoms with van der Waals surface area (Å²) in [5, 5.41) is 11.1. The molecule has 1 aliphatic rings. The predicted molar refractivity (Wildman–Crippen MR) is 90.5 cm³/mol. The summed E-state index contributed by atoms with van der Waals surface area (Å²) in [5.74, 6) is 0. The van der Waals surface area contributed by atoms with E-state index >= 15 is 0 Å². The van der Waals surface area contributed by atoms with Crippen LogP contribution in [0.3, 0.4) is 0 Å². The molecule has 1 atom stereocenters. The molecular formula is C16H17N3O4S. The maximum atomic E-state index is 13.1. The van der Waals surface area contributed by atoms with Gasteiger partial charge in [0.15, 0.2) is 0 Å². The van der Waals surface area contributed by atoms with E-state index in [1.807, 2.05) is 12.1 Å². The van der Waals surface area contributed by atoms with Crippen molar-refractivity contribution in [2.75, 3.05) is 10.8 Å². The standard InChI is InChI=1S/C16H17N3O4S/c1-11-14(19(20)21)7-4-8-16(11)24(22,23)18-10-13(17)9-12-5-2-3-6-15(12)18/h2-8,13H,9-10,17H2,1H3. The topological polar surface area (TPSA) is 107 Å². The molecule has 2 aromatic carbocycles. The second-order valence-corrected chi connectivity index (χ2v) is 7.62. The Morgan fingerprint density at radius 2 is 1.92 bits per heavy atom. The van der Waals surface area contributed by atoms with E-state index < -0.39 is 14.9 Å². The predicted octanol–water partition coefficient (Wildman–Crippen LogP) is 1.98. The zero-order valence-electron chi connectivity index (χ0n) is 13.0. The lowest BCUT2D eigenvalue weighted by Gasteiger charge is -2.34. The second-order valence-electron chi connectivity index (χ2n) is 5.79. The third-order valence-corrected chi connectivity index (χ3v) is 6.09. The molecule has 126 valence electrons. The van der Waals surface area contributed by atoms with Crippen LogP contribution in [0.15, 0.2) is 47.4 Å². The molecule has 0 radical (unpaired) electrons. The number of benzene rings is 2. The van der Waals surface area contributed by atoms with Gasteiger partial charge in [-0.3, -0.25) is 14.4 Å². The molecule has 24 heavy (non-hydrogen) atoms. The van der Waals surface area contributed by atoms with E-state index in [-0.39, 0.29) is 28.7 Å². The van der Waals surface area contributed by atoms with Gasteiger partial charge in [0.25, 0.3) is 15.7 Å². The summed E-state index contributed by atoms with van der Waals surface area (Å²) in [7, 11) is -3.95. The molecule has 0 amide bonds. The van der Waals surface area contributed by atoms with Crippen LogP contribution in [0.4, 0.5) is 11.4 Å². The summed E-state index contributed by atoms with van der Waals surface area (Å²) in [6, 6.07) is 10.9. The number of nitro benzene ring substituents is 1. The number of hydrogen-bond acceptors (Lipinski definition) is 5. The maximum absolute atomic E-state index is 13.1. The highest BCUT2D eigenvalue weighted by Crippen LogP contribution is 2.34. The fourth-order valence-electron chi connectivity index (χ4n) is 3.01. The molecule has 3 rings (SSSR count). The monoisotopic (exact) mass is 347 g/mol. The van der Waals surface area contributed by atoms with Crippen molar-refractivity contribution in [2.24, 2.45) is 5.73 Å². The van der Waals surface area contributed by atoms with Gasteiger partial charge in [-0.15, -0.1) is 0 Å². The first-order valence-electron chi connectivity index (χ1n) is 7.42. The zero-order chi connectivity index (χ0) is 17.5. The van der Waals surface area contributed by atoms with Gasteiger partial charge in [0.05, 0.1) is 15.5 Å². The van der Waals surface area contributed by atoms with Crippen LogP contribution < -0.4 is 10.0 Å². The van der Waals surface area contributed by atoms with Crippen LogP contribution >= 0.6 is 0 Å². The lowest BCUT2D eigenvalue weighted by Crippen LogP contribution is -2.46. The van der Waals surface area contributed by atoms with Gasteiger partial charge in [-0.25, -0.2) is 8.42 Å². The lowest BCUT2D eigenvalue weighted by atomic mass is 10.0. The summed E-state index contributed by atoms with van der Waals surface area (Å²) in [4.78, 5) is 10.5. The fourth-order valence-corrected chi connectivity index (χ4v) is 4.82. The average Bonchev–Trinajstić information content (AvgIpc) is 2.53. The molecule has 0 saturated heterocycles. The highest BCUT2D eigenvalue weighted by atomic mass is 32.2. The van der Waals surface area contributed by atoms with Crippen LogP contribution in [0.5, 0.6) is 0 Å². The van der Waals surface area contributed by atoms with Crippen molar-refractivity contribution in [1.82, 2.24) is 0 Å². The minimum absolute atomic E-state index is 0.0689. The van der Waals surface area contributed by atoms with E-state index in [2.05, 4.69) is 0 Å². The number of sulfonamides is 1. The molecule has 0 aromatic heterocycles. The first-order valence-corrected chi connectivity index (χ1v) is 8.86. The van der Waals surface area contributed by atoms with E-state index in [1.54, 1.807) is 12.1 Å². The highest BCUT2D eigenvalue weighted by molar-refractivity contribution is 7.92. The maximum Gasteiger partial charge on any atom is 0.273 e. The van der Waals surface area contributed by atoms with E-state index in [0.717, 1.165) is 5.56 Å². The Morgan fingerprint density at radius 1 is 1.21 bits per heavy atom. The molecule has 0 fully saturated rings. The number of anilines is 1. The van der Waals surface area contributed by atoms with Crippen molar-refractivity contribution < 1.29 is 13.3 Å². The Balaban J connectivity index is 2.16. The number of rotatable bonds is 3. The molecule has 0 aliphatic carbocycles. The number of fused-ring (bicyclic) bond motifs is 1. The van der Waals surface area contributed by atoms with E-state index in [1.165, 1.54) is 29.4 Å². The van der Waals surface area contributed by atoms with Crippen molar-refractivity contribution in [3.63, 3.8) is 0 Å². The molecule has 0 saturated carbocycles. The molecule has 1 aliphatic heterocycles. The van der Waals surface area contributed by atoms with E-state index in [0.29, 0.717) is 12.1 Å². The smallest absolute Gasteiger partial charge is 0.273 e. The molecule has 2 N–H and O–H groups in total. The molecule has 2 aromatic rings. The van der Waals surface area contributed by atoms with Gasteiger partial charge in [-0.05, 0) is 31.0 Å². The van der Waals surface area contributed by atoms with Crippen LogP contribution in [0.1, 0.15) is 11.1 Å². The largest absolute Gasteiger partial charge is 0.326 e. The number of nitro groups is 1. The van der Waals surface area contributed by atoms with E-state index in [9.17, 15) is 18.5 Å². The molecule has 7 nitrogen and oxygen atoms in total. The Morgan fingerprint density at radius 3 is 2.62 bits per heavy atom. The number of para-hydroxylation sites is 1. The van der Waals surface area contributed by atoms with Gasteiger partial charge in [0, 0.05) is 24.2 Å². The molecular weight excluding hydrogens is 330 g/mol. The average molecular weight is 347 g/mol. The van der Waals surface area contributed by atoms with Crippen LogP contribution in [-0.2, 0) is 16.4 Å². The number of hydrogen-bond donors (Lipinski definition) is 1. The minimum atomic E-state index is -3.95. The molecule has 0 spiro atoms. The van der Waals surface area contributed by atoms with Crippen molar-refractivity contribution >= 4 is 21.4 Å². The Hall–Kier alpha value is -2.45. The zero-order valence-corrected chi connectivity index (χ0v) is 13.9. The van der Waals surface area contributed by atoms with Crippen molar-refractivity contribution in [3.8, 4) is 0 Å². The van der Waals surface area contributed by atoms with Crippen LogP contribution in [0.2, 0.25) is 0 Å². The van der Waals surface area contributed by atoms with Crippen molar-refractivity contribution in [3.05, 3.63) is 63.7 Å². The van der Waals surface area contributed by atoms with Crippen LogP contribution in [0.25, 0.3) is 0 Å².